The van der Waals surface area contributed by atoms with Gasteiger partial charge in [-0.25, -0.2) is 9.59 Å². The van der Waals surface area contributed by atoms with Gasteiger partial charge in [0.1, 0.15) is 12.1 Å². The third kappa shape index (κ3) is 6.27. The maximum absolute atomic E-state index is 12.9. The summed E-state index contributed by atoms with van der Waals surface area (Å²) in [5, 5.41) is 1.14. The van der Waals surface area contributed by atoms with E-state index in [9.17, 15) is 9.59 Å². The second-order valence-electron chi connectivity index (χ2n) is 10.8. The summed E-state index contributed by atoms with van der Waals surface area (Å²) < 4.78 is 10.4. The van der Waals surface area contributed by atoms with Crippen molar-refractivity contribution in [1.29, 1.82) is 0 Å². The number of rotatable bonds is 8. The SMILES string of the molecule is COC(=O)[C@H](c1ccccc1Cl)N1CCc2sc(Cc3cc4c(s3)CCN([C@H](C(=O)OC)c3ccccc3Cl)C4)cc2C1. The van der Waals surface area contributed by atoms with Gasteiger partial charge < -0.3 is 9.47 Å². The summed E-state index contributed by atoms with van der Waals surface area (Å²) in [6.45, 7) is 2.86. The number of carbonyl (C=O) groups excluding carboxylic acids is 2. The molecule has 2 aromatic carbocycles. The molecule has 0 spiro atoms. The van der Waals surface area contributed by atoms with Crippen LogP contribution in [-0.4, -0.2) is 49.0 Å². The van der Waals surface area contributed by atoms with Crippen LogP contribution in [0.25, 0.3) is 0 Å². The Kier molecular flexibility index (Phi) is 9.24. The fourth-order valence-corrected chi connectivity index (χ4v) is 9.14. The molecule has 0 unspecified atom stereocenters. The number of methoxy groups -OCH3 is 2. The number of halogens is 2. The highest BCUT2D eigenvalue weighted by Crippen LogP contribution is 2.39. The minimum absolute atomic E-state index is 0.297. The van der Waals surface area contributed by atoms with Gasteiger partial charge in [0.25, 0.3) is 0 Å². The van der Waals surface area contributed by atoms with Crippen molar-refractivity contribution < 1.29 is 19.1 Å². The van der Waals surface area contributed by atoms with E-state index in [2.05, 4.69) is 21.9 Å². The Labute approximate surface area is 269 Å². The van der Waals surface area contributed by atoms with Crippen molar-refractivity contribution >= 4 is 57.8 Å². The Morgan fingerprint density at radius 2 is 1.16 bits per heavy atom. The zero-order valence-electron chi connectivity index (χ0n) is 24.0. The lowest BCUT2D eigenvalue weighted by Gasteiger charge is -2.33. The first-order chi connectivity index (χ1) is 20.9. The fourth-order valence-electron chi connectivity index (χ4n) is 6.18. The van der Waals surface area contributed by atoms with E-state index in [4.69, 9.17) is 32.7 Å². The third-order valence-electron chi connectivity index (χ3n) is 8.22. The van der Waals surface area contributed by atoms with Crippen molar-refractivity contribution in [2.75, 3.05) is 27.3 Å². The first kappa shape index (κ1) is 30.3. The fraction of sp³-hybridized carbons (Fsp3) is 0.333. The van der Waals surface area contributed by atoms with Crippen LogP contribution in [-0.2, 0) is 51.4 Å². The summed E-state index contributed by atoms with van der Waals surface area (Å²) in [5.74, 6) is -0.594. The second kappa shape index (κ2) is 13.1. The summed E-state index contributed by atoms with van der Waals surface area (Å²) in [5.41, 5.74) is 4.08. The van der Waals surface area contributed by atoms with Gasteiger partial charge in [-0.05, 0) is 59.4 Å². The Bertz CT molecular complexity index is 1530. The number of carbonyl (C=O) groups is 2. The number of benzene rings is 2. The average molecular weight is 656 g/mol. The van der Waals surface area contributed by atoms with E-state index >= 15 is 0 Å². The molecule has 0 radical (unpaired) electrons. The smallest absolute Gasteiger partial charge is 0.327 e. The van der Waals surface area contributed by atoms with Crippen LogP contribution >= 0.6 is 45.9 Å². The molecule has 6 rings (SSSR count). The summed E-state index contributed by atoms with van der Waals surface area (Å²) in [7, 11) is 2.85. The first-order valence-corrected chi connectivity index (χ1v) is 16.6. The molecule has 0 fully saturated rings. The Hall–Kier alpha value is -2.72. The topological polar surface area (TPSA) is 59.1 Å². The number of hydrogen-bond donors (Lipinski definition) is 0. The van der Waals surface area contributed by atoms with E-state index in [1.54, 1.807) is 0 Å². The molecule has 0 amide bonds. The van der Waals surface area contributed by atoms with Gasteiger partial charge in [0.15, 0.2) is 0 Å². The molecule has 6 nitrogen and oxygen atoms in total. The highest BCUT2D eigenvalue weighted by atomic mass is 35.5. The molecular weight excluding hydrogens is 623 g/mol. The molecule has 0 saturated carbocycles. The molecule has 2 aliphatic rings. The molecule has 43 heavy (non-hydrogen) atoms. The highest BCUT2D eigenvalue weighted by Gasteiger charge is 2.35. The summed E-state index contributed by atoms with van der Waals surface area (Å²) in [6.07, 6.45) is 2.63. The predicted octanol–water partition coefficient (Wildman–Crippen LogP) is 7.25. The van der Waals surface area contributed by atoms with Crippen molar-refractivity contribution in [3.63, 3.8) is 0 Å². The molecule has 4 heterocycles. The van der Waals surface area contributed by atoms with Crippen LogP contribution in [0.5, 0.6) is 0 Å². The van der Waals surface area contributed by atoms with Crippen LogP contribution in [0, 0.1) is 0 Å². The molecule has 2 aliphatic heterocycles. The molecule has 0 bridgehead atoms. The molecule has 0 N–H and O–H groups in total. The number of fused-ring (bicyclic) bond motifs is 2. The molecular formula is C33H32Cl2N2O4S2. The van der Waals surface area contributed by atoms with Crippen molar-refractivity contribution in [3.8, 4) is 0 Å². The molecule has 0 aliphatic carbocycles. The second-order valence-corrected chi connectivity index (χ2v) is 14.1. The van der Waals surface area contributed by atoms with Crippen molar-refractivity contribution in [3.05, 3.63) is 112 Å². The van der Waals surface area contributed by atoms with Crippen LogP contribution in [0.15, 0.2) is 60.7 Å². The van der Waals surface area contributed by atoms with Crippen LogP contribution in [0.4, 0.5) is 0 Å². The van der Waals surface area contributed by atoms with Gasteiger partial charge >= 0.3 is 11.9 Å². The standard InChI is InChI=1S/C33H32Cl2N2O4S2/c1-40-32(38)30(24-7-3-5-9-26(24)34)36-13-11-28-20(18-36)15-22(42-28)17-23-16-21-19-37(14-12-29(21)43-23)31(33(39)41-2)25-8-4-6-10-27(25)35/h3-10,15-16,30-31H,11-14,17-19H2,1-2H3/t30-,31-/m0/s1. The monoisotopic (exact) mass is 654 g/mol. The molecule has 2 atom stereocenters. The van der Waals surface area contributed by atoms with Crippen LogP contribution < -0.4 is 0 Å². The predicted molar refractivity (Wildman–Crippen MR) is 172 cm³/mol. The van der Waals surface area contributed by atoms with E-state index in [0.29, 0.717) is 23.1 Å². The summed E-state index contributed by atoms with van der Waals surface area (Å²) >= 11 is 16.7. The lowest BCUT2D eigenvalue weighted by Crippen LogP contribution is -2.38. The Morgan fingerprint density at radius 3 is 1.56 bits per heavy atom. The van der Waals surface area contributed by atoms with Crippen LogP contribution in [0.3, 0.4) is 0 Å². The summed E-state index contributed by atoms with van der Waals surface area (Å²) in [6, 6.07) is 18.5. The van der Waals surface area contributed by atoms with E-state index in [-0.39, 0.29) is 11.9 Å². The molecule has 0 saturated heterocycles. The minimum atomic E-state index is -0.540. The van der Waals surface area contributed by atoms with Gasteiger partial charge in [-0.15, -0.1) is 22.7 Å². The quantitative estimate of drug-likeness (QED) is 0.187. The number of ether oxygens (including phenoxy) is 2. The first-order valence-electron chi connectivity index (χ1n) is 14.2. The summed E-state index contributed by atoms with van der Waals surface area (Å²) in [4.78, 5) is 35.5. The van der Waals surface area contributed by atoms with Gasteiger partial charge in [-0.2, -0.15) is 0 Å². The molecule has 4 aromatic rings. The molecule has 224 valence electrons. The average Bonchev–Trinajstić information content (AvgIpc) is 3.61. The van der Waals surface area contributed by atoms with Gasteiger partial charge in [0.2, 0.25) is 0 Å². The molecule has 10 heteroatoms. The number of thiophene rings is 2. The van der Waals surface area contributed by atoms with Gasteiger partial charge in [-0.3, -0.25) is 9.80 Å². The minimum Gasteiger partial charge on any atom is -0.468 e. The van der Waals surface area contributed by atoms with E-state index < -0.39 is 12.1 Å². The number of hydrogen-bond acceptors (Lipinski definition) is 8. The van der Waals surface area contributed by atoms with Gasteiger partial charge in [-0.1, -0.05) is 59.6 Å². The van der Waals surface area contributed by atoms with Crippen LogP contribution in [0.2, 0.25) is 10.0 Å². The number of nitrogens with zero attached hydrogens (tertiary/aromatic N) is 2. The van der Waals surface area contributed by atoms with Crippen molar-refractivity contribution in [2.24, 2.45) is 0 Å². The zero-order valence-corrected chi connectivity index (χ0v) is 27.1. The third-order valence-corrected chi connectivity index (χ3v) is 11.4. The lowest BCUT2D eigenvalue weighted by atomic mass is 10.0. The Balaban J connectivity index is 1.18. The maximum atomic E-state index is 12.9. The molecule has 2 aromatic heterocycles. The highest BCUT2D eigenvalue weighted by molar-refractivity contribution is 7.13. The van der Waals surface area contributed by atoms with E-state index in [1.807, 2.05) is 71.2 Å². The number of esters is 2. The van der Waals surface area contributed by atoms with Crippen molar-refractivity contribution in [1.82, 2.24) is 9.80 Å². The lowest BCUT2D eigenvalue weighted by molar-refractivity contribution is -0.148. The van der Waals surface area contributed by atoms with Crippen LogP contribution in [0.1, 0.15) is 53.8 Å². The van der Waals surface area contributed by atoms with E-state index in [1.165, 1.54) is 44.9 Å². The van der Waals surface area contributed by atoms with Crippen molar-refractivity contribution in [2.45, 2.75) is 44.4 Å². The normalized spacial score (nSPS) is 16.7. The van der Waals surface area contributed by atoms with Gasteiger partial charge in [0.05, 0.1) is 14.2 Å². The maximum Gasteiger partial charge on any atom is 0.327 e. The zero-order chi connectivity index (χ0) is 30.1. The van der Waals surface area contributed by atoms with Gasteiger partial charge in [0, 0.05) is 62.2 Å². The van der Waals surface area contributed by atoms with E-state index in [0.717, 1.165) is 43.5 Å². The largest absolute Gasteiger partial charge is 0.468 e. The Morgan fingerprint density at radius 1 is 0.744 bits per heavy atom.